The van der Waals surface area contributed by atoms with Crippen LogP contribution in [0.15, 0.2) is 6.20 Å². The minimum Gasteiger partial charge on any atom is -0.476 e. The third-order valence-corrected chi connectivity index (χ3v) is 2.41. The Bertz CT molecular complexity index is 433. The van der Waals surface area contributed by atoms with Gasteiger partial charge in [-0.15, -0.1) is 5.10 Å². The third-order valence-electron chi connectivity index (χ3n) is 2.41. The predicted octanol–water partition coefficient (Wildman–Crippen LogP) is -1.000. The number of amides is 2. The van der Waals surface area contributed by atoms with Crippen molar-refractivity contribution in [2.45, 2.75) is 13.5 Å². The number of nitrogens with zero attached hydrogens (tertiary/aromatic N) is 4. The van der Waals surface area contributed by atoms with Gasteiger partial charge in [-0.05, 0) is 6.92 Å². The zero-order chi connectivity index (χ0) is 14.3. The number of carbonyl (C=O) groups excluding carboxylic acids is 1. The molecule has 1 rings (SSSR count). The maximum Gasteiger partial charge on any atom is 0.358 e. The molecule has 1 aromatic heterocycles. The fourth-order valence-corrected chi connectivity index (χ4v) is 1.42. The van der Waals surface area contributed by atoms with Gasteiger partial charge in [0.05, 0.1) is 19.3 Å². The number of aliphatic hydroxyl groups excluding tert-OH is 1. The Hall–Kier alpha value is -2.16. The largest absolute Gasteiger partial charge is 0.476 e. The Morgan fingerprint density at radius 3 is 2.79 bits per heavy atom. The summed E-state index contributed by atoms with van der Waals surface area (Å²) in [5.41, 5.74) is -0.137. The number of carbonyl (C=O) groups is 2. The predicted molar refractivity (Wildman–Crippen MR) is 64.7 cm³/mol. The smallest absolute Gasteiger partial charge is 0.358 e. The quantitative estimate of drug-likeness (QED) is 0.585. The lowest BCUT2D eigenvalue weighted by Gasteiger charge is -2.20. The molecule has 2 amide bonds. The summed E-state index contributed by atoms with van der Waals surface area (Å²) in [6.45, 7) is 3.11. The summed E-state index contributed by atoms with van der Waals surface area (Å²) in [6, 6.07) is -0.282. The van der Waals surface area contributed by atoms with Gasteiger partial charge in [0, 0.05) is 19.6 Å². The number of carboxylic acids is 1. The van der Waals surface area contributed by atoms with Crippen LogP contribution in [-0.2, 0) is 6.54 Å². The molecule has 0 aromatic carbocycles. The normalized spacial score (nSPS) is 10.2. The molecule has 106 valence electrons. The summed E-state index contributed by atoms with van der Waals surface area (Å²) in [6.07, 6.45) is 1.29. The summed E-state index contributed by atoms with van der Waals surface area (Å²) in [4.78, 5) is 23.7. The van der Waals surface area contributed by atoms with Crippen LogP contribution >= 0.6 is 0 Å². The van der Waals surface area contributed by atoms with Gasteiger partial charge in [-0.25, -0.2) is 14.3 Å². The van der Waals surface area contributed by atoms with Gasteiger partial charge in [0.25, 0.3) is 0 Å². The molecule has 0 radical (unpaired) electrons. The zero-order valence-electron chi connectivity index (χ0n) is 10.6. The van der Waals surface area contributed by atoms with Crippen molar-refractivity contribution in [2.24, 2.45) is 0 Å². The van der Waals surface area contributed by atoms with Crippen molar-refractivity contribution in [3.63, 3.8) is 0 Å². The van der Waals surface area contributed by atoms with Crippen LogP contribution in [0.25, 0.3) is 0 Å². The molecule has 0 saturated heterocycles. The number of carboxylic acid groups (broad SMARTS) is 1. The molecule has 0 saturated carbocycles. The zero-order valence-corrected chi connectivity index (χ0v) is 10.6. The summed E-state index contributed by atoms with van der Waals surface area (Å²) in [5.74, 6) is -1.14. The van der Waals surface area contributed by atoms with Crippen LogP contribution < -0.4 is 5.32 Å². The number of rotatable bonds is 7. The van der Waals surface area contributed by atoms with Crippen LogP contribution in [0.3, 0.4) is 0 Å². The van der Waals surface area contributed by atoms with Crippen molar-refractivity contribution >= 4 is 12.0 Å². The lowest BCUT2D eigenvalue weighted by Crippen LogP contribution is -2.42. The second-order valence-electron chi connectivity index (χ2n) is 3.71. The highest BCUT2D eigenvalue weighted by molar-refractivity contribution is 5.84. The number of aliphatic hydroxyl groups is 1. The Balaban J connectivity index is 2.36. The highest BCUT2D eigenvalue weighted by atomic mass is 16.4. The van der Waals surface area contributed by atoms with Gasteiger partial charge in [-0.2, -0.15) is 0 Å². The monoisotopic (exact) mass is 271 g/mol. The van der Waals surface area contributed by atoms with E-state index in [9.17, 15) is 9.59 Å². The lowest BCUT2D eigenvalue weighted by molar-refractivity contribution is 0.0690. The molecule has 0 aliphatic rings. The van der Waals surface area contributed by atoms with E-state index in [1.54, 1.807) is 0 Å². The first kappa shape index (κ1) is 14.9. The van der Waals surface area contributed by atoms with E-state index < -0.39 is 5.97 Å². The van der Waals surface area contributed by atoms with Gasteiger partial charge in [-0.1, -0.05) is 5.21 Å². The lowest BCUT2D eigenvalue weighted by atomic mass is 10.5. The van der Waals surface area contributed by atoms with E-state index in [1.165, 1.54) is 15.8 Å². The summed E-state index contributed by atoms with van der Waals surface area (Å²) in [5, 5.41) is 27.1. The summed E-state index contributed by atoms with van der Waals surface area (Å²) in [7, 11) is 0. The molecule has 0 aliphatic heterocycles. The Kier molecular flexibility index (Phi) is 5.73. The van der Waals surface area contributed by atoms with Crippen LogP contribution in [0.5, 0.6) is 0 Å². The standard InChI is InChI=1S/C10H17N5O4/c1-2-14(5-6-16)10(19)11-3-4-15-7-8(9(17)18)12-13-15/h7,16H,2-6H2,1H3,(H,11,19)(H,17,18). The van der Waals surface area contributed by atoms with Crippen molar-refractivity contribution < 1.29 is 19.8 Å². The summed E-state index contributed by atoms with van der Waals surface area (Å²) < 4.78 is 1.34. The van der Waals surface area contributed by atoms with Crippen LogP contribution in [-0.4, -0.2) is 68.3 Å². The van der Waals surface area contributed by atoms with Gasteiger partial charge in [-0.3, -0.25) is 0 Å². The average molecular weight is 271 g/mol. The number of likely N-dealkylation sites (N-methyl/N-ethyl adjacent to an activating group) is 1. The molecule has 0 aliphatic carbocycles. The van der Waals surface area contributed by atoms with E-state index in [2.05, 4.69) is 15.6 Å². The van der Waals surface area contributed by atoms with Crippen molar-refractivity contribution in [3.05, 3.63) is 11.9 Å². The number of aromatic nitrogens is 3. The Labute approximate surface area is 109 Å². The molecule has 0 bridgehead atoms. The fraction of sp³-hybridized carbons (Fsp3) is 0.600. The highest BCUT2D eigenvalue weighted by Gasteiger charge is 2.11. The fourth-order valence-electron chi connectivity index (χ4n) is 1.42. The minimum absolute atomic E-state index is 0.0910. The maximum absolute atomic E-state index is 11.6. The third kappa shape index (κ3) is 4.54. The molecule has 1 aromatic rings. The van der Waals surface area contributed by atoms with Gasteiger partial charge in [0.2, 0.25) is 0 Å². The van der Waals surface area contributed by atoms with Crippen molar-refractivity contribution in [1.29, 1.82) is 0 Å². The number of aromatic carboxylic acids is 1. The van der Waals surface area contributed by atoms with E-state index in [4.69, 9.17) is 10.2 Å². The highest BCUT2D eigenvalue weighted by Crippen LogP contribution is 1.92. The second-order valence-corrected chi connectivity index (χ2v) is 3.71. The molecule has 0 unspecified atom stereocenters. The Morgan fingerprint density at radius 2 is 2.26 bits per heavy atom. The van der Waals surface area contributed by atoms with Crippen LogP contribution in [0.1, 0.15) is 17.4 Å². The Morgan fingerprint density at radius 1 is 1.53 bits per heavy atom. The van der Waals surface area contributed by atoms with Crippen molar-refractivity contribution in [2.75, 3.05) is 26.2 Å². The molecule has 0 atom stereocenters. The van der Waals surface area contributed by atoms with Gasteiger partial charge in [0.15, 0.2) is 5.69 Å². The van der Waals surface area contributed by atoms with Crippen LogP contribution in [0, 0.1) is 0 Å². The van der Waals surface area contributed by atoms with Gasteiger partial charge >= 0.3 is 12.0 Å². The number of hydrogen-bond acceptors (Lipinski definition) is 5. The minimum atomic E-state index is -1.14. The SMILES string of the molecule is CCN(CCO)C(=O)NCCn1cc(C(=O)O)nn1. The molecule has 1 heterocycles. The number of urea groups is 1. The molecule has 9 heteroatoms. The molecule has 3 N–H and O–H groups in total. The first-order valence-corrected chi connectivity index (χ1v) is 5.85. The topological polar surface area (TPSA) is 121 Å². The van der Waals surface area contributed by atoms with Crippen molar-refractivity contribution in [3.8, 4) is 0 Å². The van der Waals surface area contributed by atoms with Gasteiger partial charge in [0.1, 0.15) is 0 Å². The first-order valence-electron chi connectivity index (χ1n) is 5.85. The van der Waals surface area contributed by atoms with Crippen molar-refractivity contribution in [1.82, 2.24) is 25.2 Å². The van der Waals surface area contributed by atoms with E-state index >= 15 is 0 Å². The molecule has 0 spiro atoms. The van der Waals surface area contributed by atoms with E-state index in [-0.39, 0.29) is 24.9 Å². The van der Waals surface area contributed by atoms with Crippen LogP contribution in [0.2, 0.25) is 0 Å². The second kappa shape index (κ2) is 7.31. The number of nitrogens with one attached hydrogen (secondary N) is 1. The molecule has 9 nitrogen and oxygen atoms in total. The molecule has 19 heavy (non-hydrogen) atoms. The first-order chi connectivity index (χ1) is 9.08. The molecule has 0 fully saturated rings. The maximum atomic E-state index is 11.6. The molecular formula is C10H17N5O4. The van der Waals surface area contributed by atoms with E-state index in [1.807, 2.05) is 6.92 Å². The molecular weight excluding hydrogens is 254 g/mol. The van der Waals surface area contributed by atoms with E-state index in [0.717, 1.165) is 0 Å². The number of hydrogen-bond donors (Lipinski definition) is 3. The van der Waals surface area contributed by atoms with Crippen LogP contribution in [0.4, 0.5) is 4.79 Å². The van der Waals surface area contributed by atoms with Gasteiger partial charge < -0.3 is 20.4 Å². The van der Waals surface area contributed by atoms with E-state index in [0.29, 0.717) is 19.6 Å². The summed E-state index contributed by atoms with van der Waals surface area (Å²) >= 11 is 0. The average Bonchev–Trinajstić information content (AvgIpc) is 2.84.